The highest BCUT2D eigenvalue weighted by Gasteiger charge is 2.23. The number of nitro benzene ring substituents is 1. The first kappa shape index (κ1) is 18.9. The molecular formula is C16H21N5O3S. The van der Waals surface area contributed by atoms with Gasteiger partial charge in [0.25, 0.3) is 11.6 Å². The summed E-state index contributed by atoms with van der Waals surface area (Å²) in [5.41, 5.74) is 0.195. The average Bonchev–Trinajstić information content (AvgIpc) is 3.00. The van der Waals surface area contributed by atoms with Crippen LogP contribution in [0.4, 0.5) is 5.69 Å². The normalized spacial score (nSPS) is 10.9. The SMILES string of the molecule is CCC(CC)N(C)C(=O)c1ccc(Sc2nncn2C)c([N+](=O)[O-])c1. The summed E-state index contributed by atoms with van der Waals surface area (Å²) in [6.45, 7) is 4.03. The van der Waals surface area contributed by atoms with E-state index in [2.05, 4.69) is 10.2 Å². The molecule has 0 spiro atoms. The van der Waals surface area contributed by atoms with Crippen LogP contribution in [0.5, 0.6) is 0 Å². The van der Waals surface area contributed by atoms with Gasteiger partial charge < -0.3 is 9.47 Å². The number of hydrogen-bond donors (Lipinski definition) is 0. The van der Waals surface area contributed by atoms with E-state index in [9.17, 15) is 14.9 Å². The van der Waals surface area contributed by atoms with Crippen molar-refractivity contribution >= 4 is 23.4 Å². The first-order valence-corrected chi connectivity index (χ1v) is 8.78. The van der Waals surface area contributed by atoms with E-state index in [1.165, 1.54) is 12.4 Å². The molecule has 0 fully saturated rings. The Morgan fingerprint density at radius 2 is 2.08 bits per heavy atom. The van der Waals surface area contributed by atoms with Gasteiger partial charge in [-0.3, -0.25) is 14.9 Å². The van der Waals surface area contributed by atoms with Gasteiger partial charge in [-0.25, -0.2) is 0 Å². The fourth-order valence-electron chi connectivity index (χ4n) is 2.55. The van der Waals surface area contributed by atoms with Crippen molar-refractivity contribution < 1.29 is 9.72 Å². The molecule has 1 aromatic carbocycles. The van der Waals surface area contributed by atoms with Gasteiger partial charge in [-0.1, -0.05) is 13.8 Å². The lowest BCUT2D eigenvalue weighted by Gasteiger charge is -2.26. The smallest absolute Gasteiger partial charge is 0.284 e. The Balaban J connectivity index is 2.34. The Morgan fingerprint density at radius 1 is 1.40 bits per heavy atom. The van der Waals surface area contributed by atoms with Crippen LogP contribution in [0.15, 0.2) is 34.6 Å². The monoisotopic (exact) mass is 363 g/mol. The van der Waals surface area contributed by atoms with E-state index in [-0.39, 0.29) is 17.6 Å². The van der Waals surface area contributed by atoms with Crippen molar-refractivity contribution in [2.45, 2.75) is 42.8 Å². The summed E-state index contributed by atoms with van der Waals surface area (Å²) in [6, 6.07) is 4.65. The van der Waals surface area contributed by atoms with Gasteiger partial charge in [0.2, 0.25) is 0 Å². The van der Waals surface area contributed by atoms with E-state index in [1.807, 2.05) is 13.8 Å². The van der Waals surface area contributed by atoms with Crippen molar-refractivity contribution in [3.8, 4) is 0 Å². The lowest BCUT2D eigenvalue weighted by molar-refractivity contribution is -0.387. The molecule has 0 unspecified atom stereocenters. The summed E-state index contributed by atoms with van der Waals surface area (Å²) in [5.74, 6) is -0.216. The molecule has 0 aliphatic heterocycles. The van der Waals surface area contributed by atoms with Gasteiger partial charge in [0.1, 0.15) is 6.33 Å². The molecule has 0 saturated carbocycles. The predicted octanol–water partition coefficient (Wildman–Crippen LogP) is 3.14. The van der Waals surface area contributed by atoms with Crippen molar-refractivity contribution in [2.75, 3.05) is 7.05 Å². The third-order valence-corrected chi connectivity index (χ3v) is 5.20. The lowest BCUT2D eigenvalue weighted by atomic mass is 10.1. The summed E-state index contributed by atoms with van der Waals surface area (Å²) in [5, 5.41) is 19.7. The third-order valence-electron chi connectivity index (χ3n) is 4.08. The highest BCUT2D eigenvalue weighted by atomic mass is 32.2. The van der Waals surface area contributed by atoms with Gasteiger partial charge in [-0.2, -0.15) is 0 Å². The highest BCUT2D eigenvalue weighted by Crippen LogP contribution is 2.34. The Morgan fingerprint density at radius 3 is 2.60 bits per heavy atom. The number of carbonyl (C=O) groups is 1. The van der Waals surface area contributed by atoms with E-state index in [0.717, 1.165) is 24.6 Å². The molecule has 0 radical (unpaired) electrons. The molecular weight excluding hydrogens is 342 g/mol. The van der Waals surface area contributed by atoms with Crippen LogP contribution in [0, 0.1) is 10.1 Å². The third kappa shape index (κ3) is 4.16. The van der Waals surface area contributed by atoms with E-state index in [0.29, 0.717) is 15.6 Å². The number of benzene rings is 1. The number of nitrogens with zero attached hydrogens (tertiary/aromatic N) is 5. The van der Waals surface area contributed by atoms with Gasteiger partial charge in [0, 0.05) is 31.8 Å². The quantitative estimate of drug-likeness (QED) is 0.554. The highest BCUT2D eigenvalue weighted by molar-refractivity contribution is 7.99. The van der Waals surface area contributed by atoms with E-state index < -0.39 is 4.92 Å². The van der Waals surface area contributed by atoms with E-state index in [1.54, 1.807) is 35.7 Å². The summed E-state index contributed by atoms with van der Waals surface area (Å²) >= 11 is 1.14. The topological polar surface area (TPSA) is 94.2 Å². The van der Waals surface area contributed by atoms with Crippen LogP contribution >= 0.6 is 11.8 Å². The van der Waals surface area contributed by atoms with Crippen LogP contribution in [0.25, 0.3) is 0 Å². The van der Waals surface area contributed by atoms with Crippen LogP contribution in [0.1, 0.15) is 37.0 Å². The molecule has 1 heterocycles. The molecule has 1 aromatic heterocycles. The molecule has 1 amide bonds. The first-order chi connectivity index (χ1) is 11.9. The van der Waals surface area contributed by atoms with Crippen molar-refractivity contribution in [1.82, 2.24) is 19.7 Å². The molecule has 2 aromatic rings. The summed E-state index contributed by atoms with van der Waals surface area (Å²) in [7, 11) is 3.49. The predicted molar refractivity (Wildman–Crippen MR) is 94.7 cm³/mol. The Bertz CT molecular complexity index is 773. The van der Waals surface area contributed by atoms with Gasteiger partial charge >= 0.3 is 0 Å². The zero-order valence-electron chi connectivity index (χ0n) is 14.7. The van der Waals surface area contributed by atoms with Gasteiger partial charge in [0.15, 0.2) is 5.16 Å². The van der Waals surface area contributed by atoms with Crippen LogP contribution in [-0.2, 0) is 7.05 Å². The molecule has 0 saturated heterocycles. The summed E-state index contributed by atoms with van der Waals surface area (Å²) < 4.78 is 1.67. The van der Waals surface area contributed by atoms with Crippen LogP contribution in [-0.4, -0.2) is 43.6 Å². The second kappa shape index (κ2) is 8.11. The molecule has 134 valence electrons. The number of rotatable bonds is 7. The maximum Gasteiger partial charge on any atom is 0.284 e. The average molecular weight is 363 g/mol. The number of nitro groups is 1. The summed E-state index contributed by atoms with van der Waals surface area (Å²) in [4.78, 5) is 25.7. The minimum Gasteiger partial charge on any atom is -0.339 e. The largest absolute Gasteiger partial charge is 0.339 e. The standard InChI is InChI=1S/C16H21N5O3S/c1-5-12(6-2)20(4)15(22)11-7-8-14(13(9-11)21(23)24)25-16-18-17-10-19(16)3/h7-10,12H,5-6H2,1-4H3. The minimum absolute atomic E-state index is 0.110. The number of aromatic nitrogens is 3. The van der Waals surface area contributed by atoms with Crippen LogP contribution in [0.2, 0.25) is 0 Å². The minimum atomic E-state index is -0.480. The molecule has 25 heavy (non-hydrogen) atoms. The van der Waals surface area contributed by atoms with E-state index >= 15 is 0 Å². The molecule has 8 nitrogen and oxygen atoms in total. The second-order valence-corrected chi connectivity index (χ2v) is 6.66. The number of amides is 1. The van der Waals surface area contributed by atoms with Gasteiger partial charge in [-0.05, 0) is 36.7 Å². The zero-order valence-corrected chi connectivity index (χ0v) is 15.5. The Hall–Kier alpha value is -2.42. The Kier molecular flexibility index (Phi) is 6.13. The molecule has 0 aliphatic carbocycles. The van der Waals surface area contributed by atoms with E-state index in [4.69, 9.17) is 0 Å². The lowest BCUT2D eigenvalue weighted by Crippen LogP contribution is -2.36. The molecule has 9 heteroatoms. The Labute approximate surface area is 150 Å². The van der Waals surface area contributed by atoms with Gasteiger partial charge in [-0.15, -0.1) is 10.2 Å². The van der Waals surface area contributed by atoms with Crippen molar-refractivity contribution in [2.24, 2.45) is 7.05 Å². The maximum absolute atomic E-state index is 12.6. The molecule has 0 bridgehead atoms. The van der Waals surface area contributed by atoms with Crippen LogP contribution < -0.4 is 0 Å². The van der Waals surface area contributed by atoms with Gasteiger partial charge in [0.05, 0.1) is 9.82 Å². The van der Waals surface area contributed by atoms with Crippen molar-refractivity contribution in [1.29, 1.82) is 0 Å². The maximum atomic E-state index is 12.6. The number of hydrogen-bond acceptors (Lipinski definition) is 6. The zero-order chi connectivity index (χ0) is 18.6. The fourth-order valence-corrected chi connectivity index (χ4v) is 3.40. The number of carbonyl (C=O) groups excluding carboxylic acids is 1. The molecule has 0 aliphatic rings. The van der Waals surface area contributed by atoms with Crippen molar-refractivity contribution in [3.63, 3.8) is 0 Å². The second-order valence-electron chi connectivity index (χ2n) is 5.65. The molecule has 0 N–H and O–H groups in total. The number of aryl methyl sites for hydroxylation is 1. The fraction of sp³-hybridized carbons (Fsp3) is 0.438. The molecule has 2 rings (SSSR count). The first-order valence-electron chi connectivity index (χ1n) is 7.96. The van der Waals surface area contributed by atoms with Crippen molar-refractivity contribution in [3.05, 3.63) is 40.2 Å². The van der Waals surface area contributed by atoms with Crippen LogP contribution in [0.3, 0.4) is 0 Å². The molecule has 0 atom stereocenters. The summed E-state index contributed by atoms with van der Waals surface area (Å²) in [6.07, 6.45) is 3.19.